The predicted molar refractivity (Wildman–Crippen MR) is 92.3 cm³/mol. The van der Waals surface area contributed by atoms with Crippen molar-refractivity contribution in [2.45, 2.75) is 50.6 Å². The van der Waals surface area contributed by atoms with E-state index in [-0.39, 0.29) is 30.6 Å². The Bertz CT molecular complexity index is 585. The molecule has 130 valence electrons. The number of carbonyl (C=O) groups excluding carboxylic acids is 2. The summed E-state index contributed by atoms with van der Waals surface area (Å²) in [7, 11) is 1.59. The Labute approximate surface area is 143 Å². The molecule has 2 atom stereocenters. The number of hydrogen-bond donors (Lipinski definition) is 1. The first kappa shape index (κ1) is 17.0. The molecular formula is C19H26N2O3. The Morgan fingerprint density at radius 3 is 2.67 bits per heavy atom. The summed E-state index contributed by atoms with van der Waals surface area (Å²) in [6, 6.07) is 7.78. The average molecular weight is 330 g/mol. The van der Waals surface area contributed by atoms with E-state index in [0.29, 0.717) is 11.6 Å². The number of methoxy groups -OCH3 is 1. The van der Waals surface area contributed by atoms with E-state index in [2.05, 4.69) is 10.2 Å². The van der Waals surface area contributed by atoms with Gasteiger partial charge in [-0.05, 0) is 50.1 Å². The number of benzene rings is 1. The monoisotopic (exact) mass is 330 g/mol. The van der Waals surface area contributed by atoms with Crippen molar-refractivity contribution in [3.05, 3.63) is 29.8 Å². The maximum atomic E-state index is 12.2. The van der Waals surface area contributed by atoms with Crippen molar-refractivity contribution >= 4 is 11.7 Å². The van der Waals surface area contributed by atoms with Crippen LogP contribution < -0.4 is 10.1 Å². The molecule has 0 aliphatic carbocycles. The summed E-state index contributed by atoms with van der Waals surface area (Å²) < 4.78 is 5.09. The lowest BCUT2D eigenvalue weighted by atomic mass is 9.99. The lowest BCUT2D eigenvalue weighted by molar-refractivity contribution is -0.122. The maximum absolute atomic E-state index is 12.2. The second-order valence-corrected chi connectivity index (χ2v) is 6.71. The zero-order valence-corrected chi connectivity index (χ0v) is 14.3. The lowest BCUT2D eigenvalue weighted by Crippen LogP contribution is -2.46. The highest BCUT2D eigenvalue weighted by Gasteiger charge is 2.36. The first-order valence-electron chi connectivity index (χ1n) is 8.88. The van der Waals surface area contributed by atoms with Crippen LogP contribution in [0, 0.1) is 0 Å². The zero-order valence-electron chi connectivity index (χ0n) is 14.3. The number of hydrogen-bond acceptors (Lipinski definition) is 4. The molecule has 0 unspecified atom stereocenters. The van der Waals surface area contributed by atoms with Crippen LogP contribution in [0.4, 0.5) is 0 Å². The number of ketones is 1. The molecule has 0 saturated carbocycles. The van der Waals surface area contributed by atoms with E-state index in [9.17, 15) is 9.59 Å². The van der Waals surface area contributed by atoms with Crippen molar-refractivity contribution in [3.8, 4) is 5.75 Å². The van der Waals surface area contributed by atoms with Crippen LogP contribution in [0.3, 0.4) is 0 Å². The van der Waals surface area contributed by atoms with Gasteiger partial charge in [-0.3, -0.25) is 14.5 Å². The number of rotatable bonds is 6. The van der Waals surface area contributed by atoms with Crippen molar-refractivity contribution in [1.29, 1.82) is 0 Å². The number of amides is 1. The van der Waals surface area contributed by atoms with Crippen LogP contribution in [0.25, 0.3) is 0 Å². The molecule has 0 aromatic heterocycles. The van der Waals surface area contributed by atoms with Crippen LogP contribution >= 0.6 is 0 Å². The minimum atomic E-state index is -0.00529. The fourth-order valence-corrected chi connectivity index (χ4v) is 3.84. The summed E-state index contributed by atoms with van der Waals surface area (Å²) in [6.07, 6.45) is 5.24. The van der Waals surface area contributed by atoms with Gasteiger partial charge in [0.1, 0.15) is 5.75 Å². The predicted octanol–water partition coefficient (Wildman–Crippen LogP) is 2.40. The molecule has 0 bridgehead atoms. The van der Waals surface area contributed by atoms with Gasteiger partial charge in [-0.1, -0.05) is 6.42 Å². The minimum Gasteiger partial charge on any atom is -0.497 e. The second kappa shape index (κ2) is 7.79. The topological polar surface area (TPSA) is 58.6 Å². The summed E-state index contributed by atoms with van der Waals surface area (Å²) in [5.41, 5.74) is 0.628. The van der Waals surface area contributed by atoms with Crippen LogP contribution in [0.2, 0.25) is 0 Å². The lowest BCUT2D eigenvalue weighted by Gasteiger charge is -2.32. The van der Waals surface area contributed by atoms with Crippen LogP contribution in [0.1, 0.15) is 48.9 Å². The fraction of sp³-hybridized carbons (Fsp3) is 0.579. The van der Waals surface area contributed by atoms with Gasteiger partial charge in [0.2, 0.25) is 5.91 Å². The molecule has 2 saturated heterocycles. The summed E-state index contributed by atoms with van der Waals surface area (Å²) in [5, 5.41) is 3.15. The van der Waals surface area contributed by atoms with Gasteiger partial charge in [0.25, 0.3) is 0 Å². The van der Waals surface area contributed by atoms with Crippen LogP contribution in [-0.2, 0) is 4.79 Å². The number of carbonyl (C=O) groups is 2. The summed E-state index contributed by atoms with van der Waals surface area (Å²) in [4.78, 5) is 26.9. The molecule has 2 aliphatic heterocycles. The average Bonchev–Trinajstić information content (AvgIpc) is 3.03. The molecule has 1 N–H and O–H groups in total. The van der Waals surface area contributed by atoms with E-state index < -0.39 is 0 Å². The third-order valence-corrected chi connectivity index (χ3v) is 5.19. The van der Waals surface area contributed by atoms with Crippen LogP contribution in [-0.4, -0.2) is 48.9 Å². The van der Waals surface area contributed by atoms with Gasteiger partial charge in [0, 0.05) is 37.0 Å². The highest BCUT2D eigenvalue weighted by atomic mass is 16.5. The SMILES string of the molecule is COc1ccc(C(=O)CCC(=O)N[C@H]2CCN3CCCC[C@@H]23)cc1. The van der Waals surface area contributed by atoms with E-state index in [1.807, 2.05) is 0 Å². The van der Waals surface area contributed by atoms with E-state index in [1.165, 1.54) is 19.3 Å². The smallest absolute Gasteiger partial charge is 0.220 e. The fourth-order valence-electron chi connectivity index (χ4n) is 3.84. The van der Waals surface area contributed by atoms with E-state index in [0.717, 1.165) is 25.3 Å². The van der Waals surface area contributed by atoms with Gasteiger partial charge in [-0.15, -0.1) is 0 Å². The Morgan fingerprint density at radius 2 is 1.92 bits per heavy atom. The largest absolute Gasteiger partial charge is 0.497 e. The molecular weight excluding hydrogens is 304 g/mol. The van der Waals surface area contributed by atoms with Gasteiger partial charge in [0.15, 0.2) is 5.78 Å². The number of ether oxygens (including phenoxy) is 1. The molecule has 0 radical (unpaired) electrons. The molecule has 1 aromatic carbocycles. The molecule has 5 nitrogen and oxygen atoms in total. The number of nitrogens with zero attached hydrogens (tertiary/aromatic N) is 1. The molecule has 1 aromatic rings. The molecule has 2 heterocycles. The molecule has 5 heteroatoms. The second-order valence-electron chi connectivity index (χ2n) is 6.71. The van der Waals surface area contributed by atoms with E-state index in [1.54, 1.807) is 31.4 Å². The first-order chi connectivity index (χ1) is 11.7. The van der Waals surface area contributed by atoms with Crippen molar-refractivity contribution in [3.63, 3.8) is 0 Å². The Kier molecular flexibility index (Phi) is 5.51. The van der Waals surface area contributed by atoms with E-state index >= 15 is 0 Å². The highest BCUT2D eigenvalue weighted by molar-refractivity contribution is 5.98. The zero-order chi connectivity index (χ0) is 16.9. The first-order valence-corrected chi connectivity index (χ1v) is 8.88. The summed E-state index contributed by atoms with van der Waals surface area (Å²) in [5.74, 6) is 0.718. The number of fused-ring (bicyclic) bond motifs is 1. The quantitative estimate of drug-likeness (QED) is 0.814. The number of Topliss-reactive ketones (excluding diaryl/α,β-unsaturated/α-hetero) is 1. The Balaban J connectivity index is 1.45. The normalized spacial score (nSPS) is 23.5. The number of piperidine rings is 1. The number of nitrogens with one attached hydrogen (secondary N) is 1. The third kappa shape index (κ3) is 3.96. The van der Waals surface area contributed by atoms with Gasteiger partial charge in [-0.25, -0.2) is 0 Å². The Hall–Kier alpha value is -1.88. The molecule has 1 amide bonds. The highest BCUT2D eigenvalue weighted by Crippen LogP contribution is 2.27. The van der Waals surface area contributed by atoms with Gasteiger partial charge in [0.05, 0.1) is 7.11 Å². The van der Waals surface area contributed by atoms with Crippen molar-refractivity contribution in [2.75, 3.05) is 20.2 Å². The van der Waals surface area contributed by atoms with Crippen molar-refractivity contribution in [2.24, 2.45) is 0 Å². The molecule has 2 aliphatic rings. The molecule has 2 fully saturated rings. The third-order valence-electron chi connectivity index (χ3n) is 5.19. The molecule has 0 spiro atoms. The Morgan fingerprint density at radius 1 is 1.12 bits per heavy atom. The molecule has 3 rings (SSSR count). The van der Waals surface area contributed by atoms with Gasteiger partial charge >= 0.3 is 0 Å². The van der Waals surface area contributed by atoms with Crippen LogP contribution in [0.15, 0.2) is 24.3 Å². The summed E-state index contributed by atoms with van der Waals surface area (Å²) >= 11 is 0. The van der Waals surface area contributed by atoms with Crippen molar-refractivity contribution < 1.29 is 14.3 Å². The standard InChI is InChI=1S/C19H26N2O3/c1-24-15-7-5-14(6-8-15)18(22)9-10-19(23)20-16-11-13-21-12-3-2-4-17(16)21/h5-8,16-17H,2-4,9-13H2,1H3,(H,20,23)/t16-,17-/m0/s1. The van der Waals surface area contributed by atoms with Gasteiger partial charge in [-0.2, -0.15) is 0 Å². The maximum Gasteiger partial charge on any atom is 0.220 e. The van der Waals surface area contributed by atoms with E-state index in [4.69, 9.17) is 4.74 Å². The van der Waals surface area contributed by atoms with Crippen LogP contribution in [0.5, 0.6) is 5.75 Å². The minimum absolute atomic E-state index is 0.00137. The van der Waals surface area contributed by atoms with Crippen molar-refractivity contribution in [1.82, 2.24) is 10.2 Å². The molecule has 24 heavy (non-hydrogen) atoms. The van der Waals surface area contributed by atoms with Gasteiger partial charge < -0.3 is 10.1 Å². The summed E-state index contributed by atoms with van der Waals surface area (Å²) in [6.45, 7) is 2.24.